The molecule has 1 aromatic heterocycles. The zero-order valence-corrected chi connectivity index (χ0v) is 9.47. The monoisotopic (exact) mass is 241 g/mol. The number of nitrogens with zero attached hydrogens (tertiary/aromatic N) is 2. The number of aromatic nitrogens is 2. The molecule has 1 heterocycles. The van der Waals surface area contributed by atoms with Crippen LogP contribution in [0.1, 0.15) is 0 Å². The van der Waals surface area contributed by atoms with Crippen LogP contribution in [0.5, 0.6) is 5.75 Å². The lowest BCUT2D eigenvalue weighted by molar-refractivity contribution is 0.415. The number of ether oxygens (including phenoxy) is 1. The van der Waals surface area contributed by atoms with E-state index in [-0.39, 0.29) is 5.28 Å². The average molecular weight is 242 g/mol. The van der Waals surface area contributed by atoms with Gasteiger partial charge in [0.1, 0.15) is 22.9 Å². The van der Waals surface area contributed by atoms with Gasteiger partial charge in [-0.1, -0.05) is 0 Å². The van der Waals surface area contributed by atoms with Crippen molar-refractivity contribution < 1.29 is 9.13 Å². The Bertz CT molecular complexity index is 498. The summed E-state index contributed by atoms with van der Waals surface area (Å²) in [6.45, 7) is 0. The average Bonchev–Trinajstić information content (AvgIpc) is 2.27. The molecule has 2 aromatic rings. The van der Waals surface area contributed by atoms with Crippen molar-refractivity contribution in [2.24, 2.45) is 0 Å². The third-order valence-electron chi connectivity index (χ3n) is 2.16. The Labute approximate surface area is 96.4 Å². The first-order valence-electron chi connectivity index (χ1n) is 4.54. The van der Waals surface area contributed by atoms with E-state index in [1.165, 1.54) is 19.2 Å². The van der Waals surface area contributed by atoms with E-state index in [4.69, 9.17) is 16.3 Å². The summed E-state index contributed by atoms with van der Waals surface area (Å²) in [5.41, 5.74) is 0.480. The lowest BCUT2D eigenvalue weighted by Crippen LogP contribution is -1.98. The first kappa shape index (κ1) is 10.9. The Morgan fingerprint density at radius 2 is 2.12 bits per heavy atom. The number of halogens is 2. The molecule has 16 heavy (non-hydrogen) atoms. The van der Waals surface area contributed by atoms with Crippen LogP contribution >= 0.6 is 11.6 Å². The van der Waals surface area contributed by atoms with E-state index in [0.29, 0.717) is 22.5 Å². The third kappa shape index (κ3) is 1.74. The fourth-order valence-electron chi connectivity index (χ4n) is 1.49. The highest BCUT2D eigenvalue weighted by atomic mass is 35.5. The standard InChI is InChI=1S/C10H9ClFN3O/c1-13-9-6-3-5(12)4-7(16-2)8(6)14-10(11)15-9/h3-4H,1-2H3,(H,13,14,15). The van der Waals surface area contributed by atoms with Gasteiger partial charge in [-0.3, -0.25) is 0 Å². The summed E-state index contributed by atoms with van der Waals surface area (Å²) in [6.07, 6.45) is 0. The van der Waals surface area contributed by atoms with Crippen molar-refractivity contribution in [1.29, 1.82) is 0 Å². The van der Waals surface area contributed by atoms with E-state index in [0.717, 1.165) is 0 Å². The molecule has 2 rings (SSSR count). The number of methoxy groups -OCH3 is 1. The van der Waals surface area contributed by atoms with Crippen molar-refractivity contribution in [1.82, 2.24) is 9.97 Å². The topological polar surface area (TPSA) is 47.0 Å². The summed E-state index contributed by atoms with van der Waals surface area (Å²) >= 11 is 5.76. The Morgan fingerprint density at radius 1 is 1.38 bits per heavy atom. The van der Waals surface area contributed by atoms with Crippen LogP contribution < -0.4 is 10.1 Å². The van der Waals surface area contributed by atoms with Crippen LogP contribution in [0.3, 0.4) is 0 Å². The largest absolute Gasteiger partial charge is 0.494 e. The molecule has 6 heteroatoms. The van der Waals surface area contributed by atoms with Crippen molar-refractivity contribution in [3.8, 4) is 5.75 Å². The minimum absolute atomic E-state index is 0.0850. The molecule has 0 aliphatic rings. The molecule has 0 radical (unpaired) electrons. The van der Waals surface area contributed by atoms with Crippen LogP contribution in [-0.2, 0) is 0 Å². The fourth-order valence-corrected chi connectivity index (χ4v) is 1.66. The molecule has 0 aliphatic heterocycles. The number of anilines is 1. The van der Waals surface area contributed by atoms with Gasteiger partial charge in [-0.15, -0.1) is 0 Å². The summed E-state index contributed by atoms with van der Waals surface area (Å²) in [5, 5.41) is 3.45. The number of nitrogens with one attached hydrogen (secondary N) is 1. The lowest BCUT2D eigenvalue weighted by atomic mass is 10.2. The fraction of sp³-hybridized carbons (Fsp3) is 0.200. The molecule has 4 nitrogen and oxygen atoms in total. The minimum Gasteiger partial charge on any atom is -0.494 e. The molecular weight excluding hydrogens is 233 g/mol. The lowest BCUT2D eigenvalue weighted by Gasteiger charge is -2.08. The van der Waals surface area contributed by atoms with Gasteiger partial charge in [-0.2, -0.15) is 0 Å². The minimum atomic E-state index is -0.410. The van der Waals surface area contributed by atoms with Gasteiger partial charge < -0.3 is 10.1 Å². The van der Waals surface area contributed by atoms with Crippen LogP contribution in [0, 0.1) is 5.82 Å². The summed E-state index contributed by atoms with van der Waals surface area (Å²) in [7, 11) is 3.12. The highest BCUT2D eigenvalue weighted by Crippen LogP contribution is 2.30. The second-order valence-corrected chi connectivity index (χ2v) is 3.43. The van der Waals surface area contributed by atoms with E-state index in [1.54, 1.807) is 7.05 Å². The molecule has 0 saturated heterocycles. The quantitative estimate of drug-likeness (QED) is 0.821. The number of fused-ring (bicyclic) bond motifs is 1. The molecular formula is C10H9ClFN3O. The van der Waals surface area contributed by atoms with Crippen LogP contribution in [0.2, 0.25) is 5.28 Å². The maximum Gasteiger partial charge on any atom is 0.225 e. The molecule has 0 spiro atoms. The van der Waals surface area contributed by atoms with Crippen molar-refractivity contribution in [2.45, 2.75) is 0 Å². The van der Waals surface area contributed by atoms with E-state index in [9.17, 15) is 4.39 Å². The van der Waals surface area contributed by atoms with E-state index in [2.05, 4.69) is 15.3 Å². The van der Waals surface area contributed by atoms with Gasteiger partial charge >= 0.3 is 0 Å². The van der Waals surface area contributed by atoms with E-state index >= 15 is 0 Å². The van der Waals surface area contributed by atoms with Crippen molar-refractivity contribution in [3.05, 3.63) is 23.2 Å². The summed E-state index contributed by atoms with van der Waals surface area (Å²) in [5.74, 6) is 0.385. The maximum absolute atomic E-state index is 13.3. The smallest absolute Gasteiger partial charge is 0.225 e. The highest BCUT2D eigenvalue weighted by molar-refractivity contribution is 6.29. The molecule has 0 aliphatic carbocycles. The van der Waals surface area contributed by atoms with E-state index in [1.807, 2.05) is 0 Å². The maximum atomic E-state index is 13.3. The molecule has 1 aromatic carbocycles. The number of benzene rings is 1. The van der Waals surface area contributed by atoms with Gasteiger partial charge in [0.15, 0.2) is 0 Å². The predicted octanol–water partition coefficient (Wildman–Crippen LogP) is 2.47. The van der Waals surface area contributed by atoms with Gasteiger partial charge in [0, 0.05) is 18.5 Å². The summed E-state index contributed by atoms with van der Waals surface area (Å²) < 4.78 is 18.4. The van der Waals surface area contributed by atoms with E-state index < -0.39 is 5.82 Å². The summed E-state index contributed by atoms with van der Waals surface area (Å²) in [4.78, 5) is 7.98. The molecule has 0 unspecified atom stereocenters. The van der Waals surface area contributed by atoms with Gasteiger partial charge in [0.05, 0.1) is 7.11 Å². The van der Waals surface area contributed by atoms with Crippen LogP contribution in [-0.4, -0.2) is 24.1 Å². The molecule has 84 valence electrons. The first-order chi connectivity index (χ1) is 7.65. The molecule has 0 amide bonds. The van der Waals surface area contributed by atoms with Crippen molar-refractivity contribution >= 4 is 28.3 Å². The highest BCUT2D eigenvalue weighted by Gasteiger charge is 2.11. The van der Waals surface area contributed by atoms with Gasteiger partial charge in [0.2, 0.25) is 5.28 Å². The molecule has 0 saturated carbocycles. The van der Waals surface area contributed by atoms with Crippen molar-refractivity contribution in [2.75, 3.05) is 19.5 Å². The second kappa shape index (κ2) is 4.09. The Hall–Kier alpha value is -1.62. The van der Waals surface area contributed by atoms with Crippen molar-refractivity contribution in [3.63, 3.8) is 0 Å². The third-order valence-corrected chi connectivity index (χ3v) is 2.33. The Kier molecular flexibility index (Phi) is 2.78. The number of hydrogen-bond acceptors (Lipinski definition) is 4. The molecule has 0 atom stereocenters. The zero-order chi connectivity index (χ0) is 11.7. The van der Waals surface area contributed by atoms with Crippen LogP contribution in [0.25, 0.3) is 10.9 Å². The summed E-state index contributed by atoms with van der Waals surface area (Å²) in [6, 6.07) is 2.59. The van der Waals surface area contributed by atoms with Gasteiger partial charge in [-0.25, -0.2) is 14.4 Å². The van der Waals surface area contributed by atoms with Crippen LogP contribution in [0.15, 0.2) is 12.1 Å². The van der Waals surface area contributed by atoms with Crippen LogP contribution in [0.4, 0.5) is 10.2 Å². The normalized spacial score (nSPS) is 10.5. The van der Waals surface area contributed by atoms with Gasteiger partial charge in [0.25, 0.3) is 0 Å². The second-order valence-electron chi connectivity index (χ2n) is 3.10. The molecule has 0 fully saturated rings. The Morgan fingerprint density at radius 3 is 2.75 bits per heavy atom. The molecule has 0 bridgehead atoms. The predicted molar refractivity (Wildman–Crippen MR) is 60.6 cm³/mol. The number of hydrogen-bond donors (Lipinski definition) is 1. The zero-order valence-electron chi connectivity index (χ0n) is 8.71. The SMILES string of the molecule is CNc1nc(Cl)nc2c(OC)cc(F)cc12. The first-order valence-corrected chi connectivity index (χ1v) is 4.92. The molecule has 1 N–H and O–H groups in total. The number of rotatable bonds is 2. The Balaban J connectivity index is 2.87. The van der Waals surface area contributed by atoms with Gasteiger partial charge in [-0.05, 0) is 17.7 Å².